The fraction of sp³-hybridized carbons (Fsp3) is 0.786. The van der Waals surface area contributed by atoms with E-state index in [2.05, 4.69) is 34.4 Å². The van der Waals surface area contributed by atoms with Gasteiger partial charge in [0.05, 0.1) is 0 Å². The molecule has 102 valence electrons. The van der Waals surface area contributed by atoms with E-state index in [1.807, 2.05) is 0 Å². The summed E-state index contributed by atoms with van der Waals surface area (Å²) in [6, 6.07) is 0.792. The first-order valence-corrected chi connectivity index (χ1v) is 7.99. The van der Waals surface area contributed by atoms with Crippen molar-refractivity contribution in [1.29, 1.82) is 0 Å². The molecule has 1 atom stereocenters. The Morgan fingerprint density at radius 2 is 2.39 bits per heavy atom. The SMILES string of the molecule is Cc1csc(CNCCCN2CCCCC2C)n1. The molecule has 1 aliphatic heterocycles. The first-order valence-electron chi connectivity index (χ1n) is 7.11. The van der Waals surface area contributed by atoms with Crippen molar-refractivity contribution in [3.05, 3.63) is 16.1 Å². The largest absolute Gasteiger partial charge is 0.310 e. The van der Waals surface area contributed by atoms with Crippen LogP contribution >= 0.6 is 11.3 Å². The number of thiazole rings is 1. The molecule has 0 saturated carbocycles. The molecular weight excluding hydrogens is 242 g/mol. The third-order valence-electron chi connectivity index (χ3n) is 3.68. The summed E-state index contributed by atoms with van der Waals surface area (Å²) in [5, 5.41) is 6.82. The average molecular weight is 267 g/mol. The molecule has 0 amide bonds. The highest BCUT2D eigenvalue weighted by atomic mass is 32.1. The molecule has 1 aliphatic rings. The molecule has 1 aromatic heterocycles. The number of nitrogens with zero attached hydrogens (tertiary/aromatic N) is 2. The van der Waals surface area contributed by atoms with Crippen LogP contribution in [0.2, 0.25) is 0 Å². The summed E-state index contributed by atoms with van der Waals surface area (Å²) < 4.78 is 0. The summed E-state index contributed by atoms with van der Waals surface area (Å²) in [5.74, 6) is 0. The number of aromatic nitrogens is 1. The second kappa shape index (κ2) is 7.22. The van der Waals surface area contributed by atoms with Gasteiger partial charge in [-0.05, 0) is 52.7 Å². The number of aryl methyl sites for hydroxylation is 1. The summed E-state index contributed by atoms with van der Waals surface area (Å²) in [6.45, 7) is 8.98. The van der Waals surface area contributed by atoms with Crippen molar-refractivity contribution in [2.75, 3.05) is 19.6 Å². The zero-order valence-electron chi connectivity index (χ0n) is 11.6. The van der Waals surface area contributed by atoms with Gasteiger partial charge in [-0.1, -0.05) is 6.42 Å². The smallest absolute Gasteiger partial charge is 0.107 e. The van der Waals surface area contributed by atoms with E-state index in [9.17, 15) is 0 Å². The maximum absolute atomic E-state index is 4.46. The fourth-order valence-corrected chi connectivity index (χ4v) is 3.32. The van der Waals surface area contributed by atoms with Crippen LogP contribution in [0, 0.1) is 6.92 Å². The molecule has 0 aromatic carbocycles. The Labute approximate surface area is 115 Å². The van der Waals surface area contributed by atoms with Crippen molar-refractivity contribution >= 4 is 11.3 Å². The molecule has 2 heterocycles. The Kier molecular flexibility index (Phi) is 5.60. The van der Waals surface area contributed by atoms with Gasteiger partial charge in [0.1, 0.15) is 5.01 Å². The van der Waals surface area contributed by atoms with E-state index < -0.39 is 0 Å². The third-order valence-corrected chi connectivity index (χ3v) is 4.65. The maximum atomic E-state index is 4.46. The molecule has 3 nitrogen and oxygen atoms in total. The van der Waals surface area contributed by atoms with Gasteiger partial charge in [0.2, 0.25) is 0 Å². The van der Waals surface area contributed by atoms with E-state index in [4.69, 9.17) is 0 Å². The highest BCUT2D eigenvalue weighted by Crippen LogP contribution is 2.16. The van der Waals surface area contributed by atoms with E-state index in [0.29, 0.717) is 0 Å². The molecule has 0 radical (unpaired) electrons. The molecule has 4 heteroatoms. The van der Waals surface area contributed by atoms with Gasteiger partial charge < -0.3 is 10.2 Å². The first kappa shape index (κ1) is 14.0. The van der Waals surface area contributed by atoms with Crippen molar-refractivity contribution in [1.82, 2.24) is 15.2 Å². The van der Waals surface area contributed by atoms with Crippen molar-refractivity contribution in [2.45, 2.75) is 52.1 Å². The lowest BCUT2D eigenvalue weighted by Crippen LogP contribution is -2.38. The molecule has 0 aliphatic carbocycles. The fourth-order valence-electron chi connectivity index (χ4n) is 2.58. The predicted octanol–water partition coefficient (Wildman–Crippen LogP) is 2.81. The van der Waals surface area contributed by atoms with Gasteiger partial charge in [-0.2, -0.15) is 0 Å². The monoisotopic (exact) mass is 267 g/mol. The van der Waals surface area contributed by atoms with Gasteiger partial charge in [-0.25, -0.2) is 4.98 Å². The summed E-state index contributed by atoms with van der Waals surface area (Å²) in [7, 11) is 0. The van der Waals surface area contributed by atoms with Crippen molar-refractivity contribution in [3.8, 4) is 0 Å². The van der Waals surface area contributed by atoms with Crippen LogP contribution in [0.1, 0.15) is 43.3 Å². The van der Waals surface area contributed by atoms with E-state index >= 15 is 0 Å². The Balaban J connectivity index is 1.55. The van der Waals surface area contributed by atoms with Crippen LogP contribution in [0.4, 0.5) is 0 Å². The molecule has 1 N–H and O–H groups in total. The summed E-state index contributed by atoms with van der Waals surface area (Å²) in [6.07, 6.45) is 5.43. The number of likely N-dealkylation sites (tertiary alicyclic amines) is 1. The minimum absolute atomic E-state index is 0.792. The van der Waals surface area contributed by atoms with Gasteiger partial charge in [-0.3, -0.25) is 0 Å². The van der Waals surface area contributed by atoms with E-state index in [-0.39, 0.29) is 0 Å². The van der Waals surface area contributed by atoms with E-state index in [1.165, 1.54) is 43.8 Å². The number of hydrogen-bond donors (Lipinski definition) is 1. The molecule has 1 fully saturated rings. The summed E-state index contributed by atoms with van der Waals surface area (Å²) >= 11 is 1.75. The van der Waals surface area contributed by atoms with Crippen LogP contribution in [-0.2, 0) is 6.54 Å². The minimum atomic E-state index is 0.792. The second-order valence-electron chi connectivity index (χ2n) is 5.29. The number of piperidine rings is 1. The predicted molar refractivity (Wildman–Crippen MR) is 78.1 cm³/mol. The standard InChI is InChI=1S/C14H25N3S/c1-12-11-18-14(16-12)10-15-7-5-9-17-8-4-3-6-13(17)2/h11,13,15H,3-10H2,1-2H3. The van der Waals surface area contributed by atoms with Crippen molar-refractivity contribution in [3.63, 3.8) is 0 Å². The molecule has 0 spiro atoms. The quantitative estimate of drug-likeness (QED) is 0.803. The zero-order valence-corrected chi connectivity index (χ0v) is 12.4. The highest BCUT2D eigenvalue weighted by Gasteiger charge is 2.16. The lowest BCUT2D eigenvalue weighted by atomic mass is 10.0. The number of rotatable bonds is 6. The second-order valence-corrected chi connectivity index (χ2v) is 6.24. The normalized spacial score (nSPS) is 21.3. The summed E-state index contributed by atoms with van der Waals surface area (Å²) in [5.41, 5.74) is 1.14. The zero-order chi connectivity index (χ0) is 12.8. The van der Waals surface area contributed by atoms with Gasteiger partial charge in [-0.15, -0.1) is 11.3 Å². The Morgan fingerprint density at radius 1 is 1.50 bits per heavy atom. The van der Waals surface area contributed by atoms with Crippen molar-refractivity contribution in [2.24, 2.45) is 0 Å². The molecule has 0 bridgehead atoms. The van der Waals surface area contributed by atoms with Crippen molar-refractivity contribution < 1.29 is 0 Å². The van der Waals surface area contributed by atoms with Gasteiger partial charge in [0.15, 0.2) is 0 Å². The molecule has 1 unspecified atom stereocenters. The summed E-state index contributed by atoms with van der Waals surface area (Å²) in [4.78, 5) is 7.09. The van der Waals surface area contributed by atoms with Crippen LogP contribution in [0.15, 0.2) is 5.38 Å². The number of hydrogen-bond acceptors (Lipinski definition) is 4. The van der Waals surface area contributed by atoms with Crippen LogP contribution in [0.25, 0.3) is 0 Å². The lowest BCUT2D eigenvalue weighted by Gasteiger charge is -2.33. The van der Waals surface area contributed by atoms with E-state index in [1.54, 1.807) is 11.3 Å². The van der Waals surface area contributed by atoms with Gasteiger partial charge >= 0.3 is 0 Å². The third kappa shape index (κ3) is 4.34. The lowest BCUT2D eigenvalue weighted by molar-refractivity contribution is 0.159. The van der Waals surface area contributed by atoms with Crippen LogP contribution in [-0.4, -0.2) is 35.6 Å². The molecule has 18 heavy (non-hydrogen) atoms. The molecule has 1 aromatic rings. The minimum Gasteiger partial charge on any atom is -0.310 e. The van der Waals surface area contributed by atoms with Crippen LogP contribution in [0.3, 0.4) is 0 Å². The molecule has 2 rings (SSSR count). The number of nitrogens with one attached hydrogen (secondary N) is 1. The Morgan fingerprint density at radius 3 is 3.11 bits per heavy atom. The van der Waals surface area contributed by atoms with Crippen LogP contribution in [0.5, 0.6) is 0 Å². The van der Waals surface area contributed by atoms with Crippen LogP contribution < -0.4 is 5.32 Å². The Bertz CT molecular complexity index is 351. The highest BCUT2D eigenvalue weighted by molar-refractivity contribution is 7.09. The maximum Gasteiger partial charge on any atom is 0.107 e. The molecule has 1 saturated heterocycles. The topological polar surface area (TPSA) is 28.2 Å². The van der Waals surface area contributed by atoms with Gasteiger partial charge in [0.25, 0.3) is 0 Å². The first-order chi connectivity index (χ1) is 8.75. The average Bonchev–Trinajstić information content (AvgIpc) is 2.77. The van der Waals surface area contributed by atoms with E-state index in [0.717, 1.165) is 24.8 Å². The van der Waals surface area contributed by atoms with Gasteiger partial charge in [0, 0.05) is 23.7 Å². The Hall–Kier alpha value is -0.450. The molecular formula is C14H25N3S.